The first kappa shape index (κ1) is 17.6. The fourth-order valence-corrected chi connectivity index (χ4v) is 5.23. The third-order valence-electron chi connectivity index (χ3n) is 6.01. The number of amidine groups is 1. The Morgan fingerprint density at radius 2 is 2.14 bits per heavy atom. The fraction of sp³-hybridized carbons (Fsp3) is 0.500. The maximum atomic E-state index is 11.6. The van der Waals surface area contributed by atoms with Crippen molar-refractivity contribution in [3.63, 3.8) is 0 Å². The molecule has 9 nitrogen and oxygen atoms in total. The predicted molar refractivity (Wildman–Crippen MR) is 108 cm³/mol. The number of guanidine groups is 1. The number of nitrogens with one attached hydrogen (secondary N) is 3. The predicted octanol–water partition coefficient (Wildman–Crippen LogP) is 0.618. The van der Waals surface area contributed by atoms with Crippen molar-refractivity contribution in [1.82, 2.24) is 10.6 Å². The standard InChI is InChI=1S/C18H23N7O2S/c19-28(26,27)13-3-1-2-12(8-13)22-18-24-16-15(20-9-21-16)17(25-18)23-14-7-10-4-5-11(14)6-10/h1-3,8-11,14-16H,4-7H2,(H,20,21)(H2,19,26,27)(H2,22,23,24,25). The van der Waals surface area contributed by atoms with Crippen LogP contribution in [0, 0.1) is 11.8 Å². The number of aliphatic imine (C=N–C) groups is 3. The van der Waals surface area contributed by atoms with Crippen LogP contribution in [0.2, 0.25) is 0 Å². The molecule has 1 aromatic carbocycles. The van der Waals surface area contributed by atoms with Gasteiger partial charge in [0.05, 0.1) is 17.3 Å². The van der Waals surface area contributed by atoms with E-state index < -0.39 is 10.0 Å². The van der Waals surface area contributed by atoms with Crippen LogP contribution in [0.15, 0.2) is 44.1 Å². The van der Waals surface area contributed by atoms with E-state index in [0.717, 1.165) is 18.2 Å². The molecule has 5 atom stereocenters. The molecular formula is C18H23N7O2S. The van der Waals surface area contributed by atoms with Crippen LogP contribution >= 0.6 is 0 Å². The van der Waals surface area contributed by atoms with Crippen molar-refractivity contribution in [1.29, 1.82) is 0 Å². The van der Waals surface area contributed by atoms with Gasteiger partial charge in [-0.15, -0.1) is 0 Å². The van der Waals surface area contributed by atoms with Crippen molar-refractivity contribution in [3.05, 3.63) is 24.3 Å². The summed E-state index contributed by atoms with van der Waals surface area (Å²) >= 11 is 0. The van der Waals surface area contributed by atoms with Gasteiger partial charge in [-0.3, -0.25) is 4.99 Å². The highest BCUT2D eigenvalue weighted by atomic mass is 32.2. The van der Waals surface area contributed by atoms with Crippen LogP contribution < -0.4 is 21.1 Å². The second-order valence-corrected chi connectivity index (χ2v) is 9.45. The van der Waals surface area contributed by atoms with Crippen LogP contribution in [0.5, 0.6) is 0 Å². The molecule has 0 radical (unpaired) electrons. The molecule has 5 unspecified atom stereocenters. The van der Waals surface area contributed by atoms with E-state index in [1.54, 1.807) is 18.5 Å². The number of hydrogen-bond donors (Lipinski definition) is 4. The molecule has 28 heavy (non-hydrogen) atoms. The summed E-state index contributed by atoms with van der Waals surface area (Å²) in [6, 6.07) is 6.60. The number of nitrogens with zero attached hydrogens (tertiary/aromatic N) is 3. The Balaban J connectivity index is 1.39. The number of nitrogens with two attached hydrogens (primary N) is 1. The first-order chi connectivity index (χ1) is 13.5. The van der Waals surface area contributed by atoms with Gasteiger partial charge in [-0.1, -0.05) is 12.5 Å². The molecule has 2 bridgehead atoms. The van der Waals surface area contributed by atoms with E-state index in [0.29, 0.717) is 23.6 Å². The second-order valence-electron chi connectivity index (χ2n) is 7.89. The number of rotatable bonds is 3. The Kier molecular flexibility index (Phi) is 4.13. The van der Waals surface area contributed by atoms with Crippen LogP contribution in [0.4, 0.5) is 5.69 Å². The van der Waals surface area contributed by atoms with E-state index in [2.05, 4.69) is 25.9 Å². The molecule has 0 amide bonds. The number of primary sulfonamides is 1. The lowest BCUT2D eigenvalue weighted by Crippen LogP contribution is -2.55. The van der Waals surface area contributed by atoms with Gasteiger partial charge in [0.2, 0.25) is 16.0 Å². The molecule has 2 aliphatic heterocycles. The molecule has 2 aliphatic carbocycles. The highest BCUT2D eigenvalue weighted by Gasteiger charge is 2.41. The van der Waals surface area contributed by atoms with E-state index in [-0.39, 0.29) is 17.1 Å². The maximum absolute atomic E-state index is 11.6. The van der Waals surface area contributed by atoms with E-state index in [1.165, 1.54) is 31.4 Å². The minimum absolute atomic E-state index is 0.0446. The van der Waals surface area contributed by atoms with Crippen molar-refractivity contribution >= 4 is 33.8 Å². The van der Waals surface area contributed by atoms with Gasteiger partial charge in [-0.05, 0) is 49.3 Å². The van der Waals surface area contributed by atoms with Crippen molar-refractivity contribution < 1.29 is 8.42 Å². The van der Waals surface area contributed by atoms with Crippen LogP contribution in [-0.4, -0.2) is 44.8 Å². The van der Waals surface area contributed by atoms with Crippen molar-refractivity contribution in [2.75, 3.05) is 5.32 Å². The summed E-state index contributed by atoms with van der Waals surface area (Å²) in [5.41, 5.74) is 0.574. The topological polar surface area (TPSA) is 133 Å². The monoisotopic (exact) mass is 401 g/mol. The molecule has 5 N–H and O–H groups in total. The summed E-state index contributed by atoms with van der Waals surface area (Å²) in [5.74, 6) is 2.83. The highest BCUT2D eigenvalue weighted by Crippen LogP contribution is 2.46. The summed E-state index contributed by atoms with van der Waals surface area (Å²) in [4.78, 5) is 14.0. The van der Waals surface area contributed by atoms with Gasteiger partial charge in [-0.25, -0.2) is 23.5 Å². The fourth-order valence-electron chi connectivity index (χ4n) is 4.68. The number of benzene rings is 1. The SMILES string of the molecule is NS(=O)(=O)c1cccc(NC2=NC3N=CNC3C(=NC3CC4CCC3C4)N2)c1. The van der Waals surface area contributed by atoms with E-state index in [4.69, 9.17) is 10.1 Å². The lowest BCUT2D eigenvalue weighted by Gasteiger charge is -2.28. The number of fused-ring (bicyclic) bond motifs is 3. The maximum Gasteiger partial charge on any atom is 0.238 e. The quantitative estimate of drug-likeness (QED) is 0.589. The molecule has 4 aliphatic rings. The van der Waals surface area contributed by atoms with E-state index in [9.17, 15) is 8.42 Å². The minimum Gasteiger partial charge on any atom is -0.363 e. The van der Waals surface area contributed by atoms with Crippen LogP contribution in [0.1, 0.15) is 25.7 Å². The molecule has 1 aromatic rings. The molecule has 5 rings (SSSR count). The summed E-state index contributed by atoms with van der Waals surface area (Å²) in [6.07, 6.45) is 6.43. The number of anilines is 1. The molecule has 10 heteroatoms. The van der Waals surface area contributed by atoms with E-state index >= 15 is 0 Å². The van der Waals surface area contributed by atoms with E-state index in [1.807, 2.05) is 0 Å². The van der Waals surface area contributed by atoms with Gasteiger partial charge in [0.15, 0.2) is 6.17 Å². The van der Waals surface area contributed by atoms with Gasteiger partial charge in [0, 0.05) is 5.69 Å². The Hall–Kier alpha value is -2.46. The number of sulfonamides is 1. The molecule has 0 aromatic heterocycles. The van der Waals surface area contributed by atoms with Crippen LogP contribution in [0.25, 0.3) is 0 Å². The smallest absolute Gasteiger partial charge is 0.238 e. The second kappa shape index (κ2) is 6.56. The van der Waals surface area contributed by atoms with Crippen molar-refractivity contribution in [2.45, 2.75) is 48.8 Å². The first-order valence-electron chi connectivity index (χ1n) is 9.56. The average molecular weight is 401 g/mol. The summed E-state index contributed by atoms with van der Waals surface area (Å²) in [6.45, 7) is 0. The summed E-state index contributed by atoms with van der Waals surface area (Å²) in [5, 5.41) is 14.9. The third-order valence-corrected chi connectivity index (χ3v) is 6.92. The molecular weight excluding hydrogens is 378 g/mol. The normalized spacial score (nSPS) is 34.7. The lowest BCUT2D eigenvalue weighted by atomic mass is 9.96. The zero-order chi connectivity index (χ0) is 19.3. The Morgan fingerprint density at radius 1 is 1.25 bits per heavy atom. The lowest BCUT2D eigenvalue weighted by molar-refractivity contribution is 0.417. The first-order valence-corrected chi connectivity index (χ1v) is 11.1. The highest BCUT2D eigenvalue weighted by molar-refractivity contribution is 7.89. The molecule has 0 spiro atoms. The van der Waals surface area contributed by atoms with Crippen molar-refractivity contribution in [2.24, 2.45) is 32.0 Å². The molecule has 2 saturated carbocycles. The zero-order valence-corrected chi connectivity index (χ0v) is 16.1. The molecule has 0 saturated heterocycles. The Labute approximate surface area is 163 Å². The molecule has 2 heterocycles. The molecule has 148 valence electrons. The van der Waals surface area contributed by atoms with Crippen LogP contribution in [-0.2, 0) is 10.0 Å². The summed E-state index contributed by atoms with van der Waals surface area (Å²) < 4.78 is 23.2. The van der Waals surface area contributed by atoms with Crippen LogP contribution in [0.3, 0.4) is 0 Å². The van der Waals surface area contributed by atoms with Gasteiger partial charge in [-0.2, -0.15) is 0 Å². The summed E-state index contributed by atoms with van der Waals surface area (Å²) in [7, 11) is -3.77. The zero-order valence-electron chi connectivity index (χ0n) is 15.2. The van der Waals surface area contributed by atoms with Gasteiger partial charge in [0.25, 0.3) is 0 Å². The average Bonchev–Trinajstić information content (AvgIpc) is 3.37. The van der Waals surface area contributed by atoms with Gasteiger partial charge >= 0.3 is 0 Å². The molecule has 2 fully saturated rings. The Bertz CT molecular complexity index is 987. The largest absolute Gasteiger partial charge is 0.363 e. The van der Waals surface area contributed by atoms with Crippen molar-refractivity contribution in [3.8, 4) is 0 Å². The van der Waals surface area contributed by atoms with Gasteiger partial charge < -0.3 is 16.0 Å². The third kappa shape index (κ3) is 3.26. The minimum atomic E-state index is -3.77. The Morgan fingerprint density at radius 3 is 2.89 bits per heavy atom. The van der Waals surface area contributed by atoms with Gasteiger partial charge in [0.1, 0.15) is 11.9 Å². The number of hydrogen-bond acceptors (Lipinski definition) is 7.